The number of ether oxygens (including phenoxy) is 2. The second kappa shape index (κ2) is 10.5. The summed E-state index contributed by atoms with van der Waals surface area (Å²) in [5.41, 5.74) is 3.14. The van der Waals surface area contributed by atoms with Crippen LogP contribution in [-0.2, 0) is 4.43 Å². The summed E-state index contributed by atoms with van der Waals surface area (Å²) in [5.74, 6) is 1.01. The lowest BCUT2D eigenvalue weighted by Gasteiger charge is -2.42. The molecule has 1 N–H and O–H groups in total. The Labute approximate surface area is 173 Å². The van der Waals surface area contributed by atoms with Gasteiger partial charge in [-0.1, -0.05) is 67.2 Å². The lowest BCUT2D eigenvalue weighted by Crippen LogP contribution is -2.48. The second-order valence-corrected chi connectivity index (χ2v) is 14.0. The first-order valence-corrected chi connectivity index (χ1v) is 12.4. The predicted octanol–water partition coefficient (Wildman–Crippen LogP) is 6.12. The van der Waals surface area contributed by atoms with Crippen molar-refractivity contribution in [2.75, 3.05) is 20.8 Å². The molecule has 160 valence electrons. The van der Waals surface area contributed by atoms with Gasteiger partial charge >= 0.3 is 0 Å². The van der Waals surface area contributed by atoms with Crippen molar-refractivity contribution in [2.24, 2.45) is 5.92 Å². The standard InChI is InChI=1S/C23H40O4Si/c1-15(2)28(16(3)4,17(5)6)27-14-18(7)19(8)22(24)20-12-11-13-21(25-9)23(20)26-10/h11-13,15-17,19,22,24H,7,14H2,1-6,8-10H3/t19-,22+/m0/s1. The van der Waals surface area contributed by atoms with E-state index in [0.29, 0.717) is 40.3 Å². The Kier molecular flexibility index (Phi) is 9.25. The molecule has 0 saturated carbocycles. The highest BCUT2D eigenvalue weighted by molar-refractivity contribution is 6.77. The SMILES string of the molecule is C=C(CO[Si](C(C)C)(C(C)C)C(C)C)[C@H](C)[C@@H](O)c1cccc(OC)c1OC. The summed E-state index contributed by atoms with van der Waals surface area (Å²) in [4.78, 5) is 0. The number of rotatable bonds is 11. The summed E-state index contributed by atoms with van der Waals surface area (Å²) in [7, 11) is 1.21. The summed E-state index contributed by atoms with van der Waals surface area (Å²) in [6.45, 7) is 20.3. The molecular formula is C23H40O4Si. The lowest BCUT2D eigenvalue weighted by molar-refractivity contribution is 0.124. The molecule has 0 bridgehead atoms. The summed E-state index contributed by atoms with van der Waals surface area (Å²) in [6, 6.07) is 5.55. The number of hydrogen-bond acceptors (Lipinski definition) is 4. The van der Waals surface area contributed by atoms with Crippen LogP contribution < -0.4 is 9.47 Å². The summed E-state index contributed by atoms with van der Waals surface area (Å²) in [5, 5.41) is 11.0. The van der Waals surface area contributed by atoms with Crippen molar-refractivity contribution in [3.8, 4) is 11.5 Å². The zero-order valence-electron chi connectivity index (χ0n) is 19.2. The molecule has 0 aromatic heterocycles. The van der Waals surface area contributed by atoms with Gasteiger partial charge in [0.1, 0.15) is 0 Å². The largest absolute Gasteiger partial charge is 0.493 e. The topological polar surface area (TPSA) is 47.9 Å². The van der Waals surface area contributed by atoms with Crippen molar-refractivity contribution in [2.45, 2.75) is 71.2 Å². The van der Waals surface area contributed by atoms with Gasteiger partial charge in [0.2, 0.25) is 8.32 Å². The van der Waals surface area contributed by atoms with Crippen molar-refractivity contribution >= 4 is 8.32 Å². The fourth-order valence-corrected chi connectivity index (χ4v) is 9.92. The maximum absolute atomic E-state index is 11.0. The van der Waals surface area contributed by atoms with E-state index < -0.39 is 14.4 Å². The number of hydrogen-bond donors (Lipinski definition) is 1. The Morgan fingerprint density at radius 2 is 1.50 bits per heavy atom. The summed E-state index contributed by atoms with van der Waals surface area (Å²) < 4.78 is 17.5. The number of aliphatic hydroxyl groups excluding tert-OH is 1. The average molecular weight is 409 g/mol. The first-order chi connectivity index (χ1) is 13.0. The Morgan fingerprint density at radius 1 is 0.964 bits per heavy atom. The molecule has 1 rings (SSSR count). The number of aliphatic hydroxyl groups is 1. The fraction of sp³-hybridized carbons (Fsp3) is 0.652. The van der Waals surface area contributed by atoms with E-state index in [1.807, 2.05) is 25.1 Å². The molecular weight excluding hydrogens is 368 g/mol. The monoisotopic (exact) mass is 408 g/mol. The molecule has 28 heavy (non-hydrogen) atoms. The molecule has 0 unspecified atom stereocenters. The zero-order valence-corrected chi connectivity index (χ0v) is 20.2. The third kappa shape index (κ3) is 4.99. The van der Waals surface area contributed by atoms with E-state index in [0.717, 1.165) is 5.57 Å². The third-order valence-corrected chi connectivity index (χ3v) is 12.1. The molecule has 5 heteroatoms. The minimum atomic E-state index is -1.97. The van der Waals surface area contributed by atoms with Crippen LogP contribution in [0.5, 0.6) is 11.5 Å². The molecule has 0 aliphatic heterocycles. The molecule has 0 heterocycles. The summed E-state index contributed by atoms with van der Waals surface area (Å²) >= 11 is 0. The van der Waals surface area contributed by atoms with Crippen LogP contribution >= 0.6 is 0 Å². The van der Waals surface area contributed by atoms with Gasteiger partial charge in [-0.3, -0.25) is 0 Å². The highest BCUT2D eigenvalue weighted by Gasteiger charge is 2.45. The first kappa shape index (κ1) is 24.7. The number of benzene rings is 1. The van der Waals surface area contributed by atoms with E-state index in [-0.39, 0.29) is 5.92 Å². The molecule has 0 aliphatic carbocycles. The van der Waals surface area contributed by atoms with Gasteiger partial charge in [-0.2, -0.15) is 0 Å². The Bertz CT molecular complexity index is 618. The average Bonchev–Trinajstić information content (AvgIpc) is 2.65. The van der Waals surface area contributed by atoms with Gasteiger partial charge in [0.15, 0.2) is 11.5 Å². The minimum Gasteiger partial charge on any atom is -0.493 e. The fourth-order valence-electron chi connectivity index (χ4n) is 4.49. The Hall–Kier alpha value is -1.30. The molecule has 4 nitrogen and oxygen atoms in total. The van der Waals surface area contributed by atoms with Gasteiger partial charge in [-0.05, 0) is 28.3 Å². The minimum absolute atomic E-state index is 0.167. The van der Waals surface area contributed by atoms with Gasteiger partial charge in [-0.25, -0.2) is 0 Å². The normalized spacial score (nSPS) is 14.5. The molecule has 0 aliphatic rings. The maximum Gasteiger partial charge on any atom is 0.200 e. The van der Waals surface area contributed by atoms with E-state index in [2.05, 4.69) is 48.1 Å². The number of methoxy groups -OCH3 is 2. The van der Waals surface area contributed by atoms with Crippen molar-refractivity contribution in [1.29, 1.82) is 0 Å². The first-order valence-electron chi connectivity index (χ1n) is 10.2. The van der Waals surface area contributed by atoms with Gasteiger partial charge in [-0.15, -0.1) is 0 Å². The molecule has 0 saturated heterocycles. The van der Waals surface area contributed by atoms with Crippen LogP contribution in [0.15, 0.2) is 30.4 Å². The van der Waals surface area contributed by atoms with Crippen molar-refractivity contribution in [3.05, 3.63) is 35.9 Å². The molecule has 0 spiro atoms. The number of para-hydroxylation sites is 1. The van der Waals surface area contributed by atoms with Crippen LogP contribution in [0.3, 0.4) is 0 Å². The van der Waals surface area contributed by atoms with Crippen LogP contribution in [0.1, 0.15) is 60.1 Å². The highest BCUT2D eigenvalue weighted by Crippen LogP contribution is 2.43. The maximum atomic E-state index is 11.0. The van der Waals surface area contributed by atoms with Crippen LogP contribution in [0.25, 0.3) is 0 Å². The van der Waals surface area contributed by atoms with Crippen molar-refractivity contribution in [3.63, 3.8) is 0 Å². The highest BCUT2D eigenvalue weighted by atomic mass is 28.4. The van der Waals surface area contributed by atoms with E-state index in [1.165, 1.54) is 0 Å². The van der Waals surface area contributed by atoms with E-state index in [9.17, 15) is 5.11 Å². The van der Waals surface area contributed by atoms with E-state index in [4.69, 9.17) is 13.9 Å². The van der Waals surface area contributed by atoms with Crippen LogP contribution in [0.2, 0.25) is 16.6 Å². The smallest absolute Gasteiger partial charge is 0.200 e. The van der Waals surface area contributed by atoms with Gasteiger partial charge in [0.25, 0.3) is 0 Å². The third-order valence-electron chi connectivity index (χ3n) is 6.08. The van der Waals surface area contributed by atoms with Gasteiger partial charge in [0, 0.05) is 11.5 Å². The Morgan fingerprint density at radius 3 is 1.93 bits per heavy atom. The van der Waals surface area contributed by atoms with Crippen LogP contribution in [0.4, 0.5) is 0 Å². The van der Waals surface area contributed by atoms with E-state index >= 15 is 0 Å². The predicted molar refractivity (Wildman–Crippen MR) is 120 cm³/mol. The van der Waals surface area contributed by atoms with Crippen molar-refractivity contribution in [1.82, 2.24) is 0 Å². The Balaban J connectivity index is 3.02. The van der Waals surface area contributed by atoms with Gasteiger partial charge in [0.05, 0.1) is 26.9 Å². The van der Waals surface area contributed by atoms with Crippen LogP contribution in [0, 0.1) is 5.92 Å². The van der Waals surface area contributed by atoms with Crippen molar-refractivity contribution < 1.29 is 19.0 Å². The molecule has 0 fully saturated rings. The molecule has 2 atom stereocenters. The molecule has 0 radical (unpaired) electrons. The summed E-state index contributed by atoms with van der Waals surface area (Å²) in [6.07, 6.45) is -0.741. The molecule has 1 aromatic rings. The quantitative estimate of drug-likeness (QED) is 0.354. The lowest BCUT2D eigenvalue weighted by atomic mass is 9.91. The van der Waals surface area contributed by atoms with Gasteiger partial charge < -0.3 is 19.0 Å². The van der Waals surface area contributed by atoms with E-state index in [1.54, 1.807) is 14.2 Å². The molecule has 1 aromatic carbocycles. The second-order valence-electron chi connectivity index (χ2n) is 8.58. The van der Waals surface area contributed by atoms with Crippen LogP contribution in [-0.4, -0.2) is 34.3 Å². The zero-order chi connectivity index (χ0) is 21.6. The molecule has 0 amide bonds.